The Labute approximate surface area is 168 Å². The third kappa shape index (κ3) is 4.16. The Morgan fingerprint density at radius 2 is 1.89 bits per heavy atom. The molecular formula is C17H10ClN3O4S2. The van der Waals surface area contributed by atoms with E-state index >= 15 is 0 Å². The molecule has 1 saturated heterocycles. The van der Waals surface area contributed by atoms with Crippen LogP contribution >= 0.6 is 35.6 Å². The van der Waals surface area contributed by atoms with Crippen molar-refractivity contribution in [1.29, 1.82) is 0 Å². The number of halogens is 1. The van der Waals surface area contributed by atoms with Gasteiger partial charge >= 0.3 is 0 Å². The smallest absolute Gasteiger partial charge is 0.267 e. The molecule has 0 atom stereocenters. The first-order valence-electron chi connectivity index (χ1n) is 7.45. The fourth-order valence-electron chi connectivity index (χ4n) is 2.26. The van der Waals surface area contributed by atoms with Crippen LogP contribution in [0.25, 0.3) is 6.08 Å². The van der Waals surface area contributed by atoms with Gasteiger partial charge in [-0.05, 0) is 42.1 Å². The highest BCUT2D eigenvalue weighted by atomic mass is 35.5. The molecule has 2 amide bonds. The Kier molecular flexibility index (Phi) is 5.54. The summed E-state index contributed by atoms with van der Waals surface area (Å²) >= 11 is 12.0. The summed E-state index contributed by atoms with van der Waals surface area (Å²) in [5.74, 6) is -1.32. The summed E-state index contributed by atoms with van der Waals surface area (Å²) < 4.78 is 0.118. The number of amides is 2. The molecule has 2 aromatic rings. The van der Waals surface area contributed by atoms with Gasteiger partial charge in [0.15, 0.2) is 4.32 Å². The lowest BCUT2D eigenvalue weighted by Crippen LogP contribution is -2.45. The highest BCUT2D eigenvalue weighted by Gasteiger charge is 2.34. The largest absolute Gasteiger partial charge is 0.285 e. The summed E-state index contributed by atoms with van der Waals surface area (Å²) in [5.41, 5.74) is 2.54. The number of para-hydroxylation sites is 1. The molecule has 0 saturated carbocycles. The number of nitro benzene ring substituents is 1. The molecule has 0 aromatic heterocycles. The Bertz CT molecular complexity index is 992. The molecule has 0 bridgehead atoms. The van der Waals surface area contributed by atoms with Crippen LogP contribution in [0.2, 0.25) is 5.02 Å². The summed E-state index contributed by atoms with van der Waals surface area (Å²) in [6.07, 6.45) is 1.62. The van der Waals surface area contributed by atoms with Crippen LogP contribution in [0, 0.1) is 10.1 Å². The number of nitrogens with one attached hydrogen (secondary N) is 1. The molecule has 0 radical (unpaired) electrons. The molecule has 0 unspecified atom stereocenters. The van der Waals surface area contributed by atoms with Crippen molar-refractivity contribution in [3.63, 3.8) is 0 Å². The van der Waals surface area contributed by atoms with Gasteiger partial charge in [-0.25, -0.2) is 0 Å². The van der Waals surface area contributed by atoms with Gasteiger partial charge in [0.2, 0.25) is 0 Å². The van der Waals surface area contributed by atoms with Gasteiger partial charge in [0.1, 0.15) is 5.56 Å². The quantitative estimate of drug-likeness (QED) is 0.351. The third-order valence-corrected chi connectivity index (χ3v) is 5.07. The van der Waals surface area contributed by atoms with Gasteiger partial charge < -0.3 is 0 Å². The first kappa shape index (κ1) is 19.0. The van der Waals surface area contributed by atoms with Gasteiger partial charge in [-0.1, -0.05) is 47.6 Å². The lowest BCUT2D eigenvalue weighted by Gasteiger charge is -2.15. The topological polar surface area (TPSA) is 92.6 Å². The SMILES string of the molecule is O=C(NN1C(=O)/C(=C/c2ccc(Cl)cc2)SC1=S)c1ccccc1[N+](=O)[O-]. The minimum Gasteiger partial charge on any atom is -0.267 e. The molecule has 1 heterocycles. The summed E-state index contributed by atoms with van der Waals surface area (Å²) in [5, 5.41) is 12.5. The van der Waals surface area contributed by atoms with E-state index in [1.54, 1.807) is 30.3 Å². The number of rotatable bonds is 4. The van der Waals surface area contributed by atoms with Gasteiger partial charge in [0.25, 0.3) is 17.5 Å². The zero-order chi connectivity index (χ0) is 19.6. The normalized spacial score (nSPS) is 15.3. The fourth-order valence-corrected chi connectivity index (χ4v) is 3.57. The maximum atomic E-state index is 12.5. The minimum atomic E-state index is -0.800. The molecule has 1 aliphatic rings. The van der Waals surface area contributed by atoms with Gasteiger partial charge in [-0.3, -0.25) is 25.1 Å². The van der Waals surface area contributed by atoms with Crippen LogP contribution in [-0.2, 0) is 4.79 Å². The molecular weight excluding hydrogens is 410 g/mol. The van der Waals surface area contributed by atoms with Crippen molar-refractivity contribution in [2.75, 3.05) is 0 Å². The van der Waals surface area contributed by atoms with E-state index in [4.69, 9.17) is 23.8 Å². The van der Waals surface area contributed by atoms with E-state index in [2.05, 4.69) is 5.43 Å². The van der Waals surface area contributed by atoms with E-state index in [1.807, 2.05) is 0 Å². The predicted octanol–water partition coefficient (Wildman–Crippen LogP) is 3.79. The number of hydrogen-bond acceptors (Lipinski definition) is 6. The summed E-state index contributed by atoms with van der Waals surface area (Å²) in [6, 6.07) is 12.3. The van der Waals surface area contributed by atoms with Crippen molar-refractivity contribution < 1.29 is 14.5 Å². The van der Waals surface area contributed by atoms with Crippen LogP contribution in [0.1, 0.15) is 15.9 Å². The van der Waals surface area contributed by atoms with Crippen molar-refractivity contribution in [2.45, 2.75) is 0 Å². The number of thioether (sulfide) groups is 1. The Morgan fingerprint density at radius 3 is 2.56 bits per heavy atom. The highest BCUT2D eigenvalue weighted by molar-refractivity contribution is 8.26. The fraction of sp³-hybridized carbons (Fsp3) is 0. The predicted molar refractivity (Wildman–Crippen MR) is 107 cm³/mol. The first-order valence-corrected chi connectivity index (χ1v) is 9.05. The third-order valence-electron chi connectivity index (χ3n) is 3.52. The van der Waals surface area contributed by atoms with Crippen LogP contribution in [0.3, 0.4) is 0 Å². The van der Waals surface area contributed by atoms with E-state index in [9.17, 15) is 19.7 Å². The highest BCUT2D eigenvalue weighted by Crippen LogP contribution is 2.32. The second kappa shape index (κ2) is 7.87. The summed E-state index contributed by atoms with van der Waals surface area (Å²) in [4.78, 5) is 35.7. The molecule has 0 spiro atoms. The summed E-state index contributed by atoms with van der Waals surface area (Å²) in [7, 11) is 0. The number of thiocarbonyl (C=S) groups is 1. The second-order valence-electron chi connectivity index (χ2n) is 5.28. The number of nitro groups is 1. The average Bonchev–Trinajstić information content (AvgIpc) is 2.91. The van der Waals surface area contributed by atoms with Gasteiger partial charge in [-0.15, -0.1) is 0 Å². The molecule has 1 fully saturated rings. The van der Waals surface area contributed by atoms with E-state index in [0.29, 0.717) is 9.93 Å². The lowest BCUT2D eigenvalue weighted by molar-refractivity contribution is -0.385. The van der Waals surface area contributed by atoms with Crippen LogP contribution < -0.4 is 5.43 Å². The molecule has 7 nitrogen and oxygen atoms in total. The maximum absolute atomic E-state index is 12.5. The summed E-state index contributed by atoms with van der Waals surface area (Å²) in [6.45, 7) is 0. The van der Waals surface area contributed by atoms with Crippen molar-refractivity contribution in [3.8, 4) is 0 Å². The van der Waals surface area contributed by atoms with Crippen LogP contribution in [-0.4, -0.2) is 26.1 Å². The van der Waals surface area contributed by atoms with Crippen molar-refractivity contribution in [1.82, 2.24) is 10.4 Å². The number of hydrazine groups is 1. The van der Waals surface area contributed by atoms with E-state index in [-0.39, 0.29) is 15.6 Å². The van der Waals surface area contributed by atoms with Gasteiger partial charge in [0, 0.05) is 11.1 Å². The molecule has 3 rings (SSSR count). The van der Waals surface area contributed by atoms with E-state index < -0.39 is 16.7 Å². The number of nitrogens with zero attached hydrogens (tertiary/aromatic N) is 2. The zero-order valence-electron chi connectivity index (χ0n) is 13.4. The lowest BCUT2D eigenvalue weighted by atomic mass is 10.2. The molecule has 1 aliphatic heterocycles. The Balaban J connectivity index is 1.81. The average molecular weight is 420 g/mol. The zero-order valence-corrected chi connectivity index (χ0v) is 15.8. The molecule has 0 aliphatic carbocycles. The number of benzene rings is 2. The standard InChI is InChI=1S/C17H10ClN3O4S2/c18-11-7-5-10(6-8-11)9-14-16(23)20(17(26)27-14)19-15(22)12-3-1-2-4-13(12)21(24)25/h1-9H,(H,19,22)/b14-9-. The minimum absolute atomic E-state index is 0.118. The van der Waals surface area contributed by atoms with Crippen molar-refractivity contribution in [3.05, 3.63) is 79.7 Å². The van der Waals surface area contributed by atoms with Crippen molar-refractivity contribution >= 4 is 63.5 Å². The number of hydrogen-bond donors (Lipinski definition) is 1. The molecule has 2 aromatic carbocycles. The van der Waals surface area contributed by atoms with Crippen LogP contribution in [0.15, 0.2) is 53.4 Å². The molecule has 27 heavy (non-hydrogen) atoms. The van der Waals surface area contributed by atoms with Gasteiger partial charge in [-0.2, -0.15) is 5.01 Å². The van der Waals surface area contributed by atoms with Crippen molar-refractivity contribution in [2.24, 2.45) is 0 Å². The second-order valence-corrected chi connectivity index (χ2v) is 7.40. The van der Waals surface area contributed by atoms with Crippen LogP contribution in [0.5, 0.6) is 0 Å². The van der Waals surface area contributed by atoms with Crippen LogP contribution in [0.4, 0.5) is 5.69 Å². The van der Waals surface area contributed by atoms with E-state index in [1.165, 1.54) is 24.3 Å². The first-order chi connectivity index (χ1) is 12.9. The number of carbonyl (C=O) groups excluding carboxylic acids is 2. The van der Waals surface area contributed by atoms with E-state index in [0.717, 1.165) is 22.3 Å². The Morgan fingerprint density at radius 1 is 1.22 bits per heavy atom. The Hall–Kier alpha value is -2.75. The molecule has 10 heteroatoms. The van der Waals surface area contributed by atoms with Gasteiger partial charge in [0.05, 0.1) is 9.83 Å². The monoisotopic (exact) mass is 419 g/mol. The maximum Gasteiger partial charge on any atom is 0.285 e. The molecule has 136 valence electrons. The number of carbonyl (C=O) groups is 2. The molecule has 1 N–H and O–H groups in total.